The predicted molar refractivity (Wildman–Crippen MR) is 117 cm³/mol. The van der Waals surface area contributed by atoms with Crippen LogP contribution in [0.2, 0.25) is 0 Å². The summed E-state index contributed by atoms with van der Waals surface area (Å²) in [6.07, 6.45) is 4.22. The summed E-state index contributed by atoms with van der Waals surface area (Å²) in [5.41, 5.74) is 8.18. The highest BCUT2D eigenvalue weighted by atomic mass is 32.2. The molecule has 4 heterocycles. The highest BCUT2D eigenvalue weighted by Gasteiger charge is 2.23. The molecule has 154 valence electrons. The van der Waals surface area contributed by atoms with Crippen LogP contribution >= 0.6 is 11.8 Å². The van der Waals surface area contributed by atoms with E-state index in [1.54, 1.807) is 11.8 Å². The Bertz CT molecular complexity index is 894. The van der Waals surface area contributed by atoms with E-state index in [0.717, 1.165) is 48.2 Å². The van der Waals surface area contributed by atoms with Crippen molar-refractivity contribution in [2.45, 2.75) is 63.3 Å². The van der Waals surface area contributed by atoms with Crippen molar-refractivity contribution in [3.8, 4) is 0 Å². The number of nitrogens with zero attached hydrogens (tertiary/aromatic N) is 5. The van der Waals surface area contributed by atoms with Gasteiger partial charge in [0.25, 0.3) is 0 Å². The van der Waals surface area contributed by atoms with E-state index >= 15 is 0 Å². The number of aliphatic imine (C=N–C) groups is 1. The summed E-state index contributed by atoms with van der Waals surface area (Å²) >= 11 is 1.64. The highest BCUT2D eigenvalue weighted by molar-refractivity contribution is 8.14. The molecule has 8 heteroatoms. The van der Waals surface area contributed by atoms with Crippen molar-refractivity contribution in [2.24, 2.45) is 4.99 Å². The number of thioether (sulfide) groups is 1. The van der Waals surface area contributed by atoms with E-state index in [4.69, 9.17) is 15.5 Å². The molecule has 2 aliphatic heterocycles. The lowest BCUT2D eigenvalue weighted by Gasteiger charge is -2.35. The number of aromatic nitrogens is 3. The van der Waals surface area contributed by atoms with Crippen LogP contribution in [0.5, 0.6) is 0 Å². The van der Waals surface area contributed by atoms with E-state index in [2.05, 4.69) is 46.7 Å². The van der Waals surface area contributed by atoms with Gasteiger partial charge in [0.2, 0.25) is 5.95 Å². The van der Waals surface area contributed by atoms with Gasteiger partial charge < -0.3 is 10.5 Å². The minimum atomic E-state index is 0.217. The lowest BCUT2D eigenvalue weighted by atomic mass is 9.98. The minimum Gasteiger partial charge on any atom is -0.373 e. The Balaban J connectivity index is 1.54. The molecule has 4 rings (SSSR count). The van der Waals surface area contributed by atoms with Crippen molar-refractivity contribution in [1.82, 2.24) is 19.9 Å². The van der Waals surface area contributed by atoms with Gasteiger partial charge in [0, 0.05) is 31.9 Å². The summed E-state index contributed by atoms with van der Waals surface area (Å²) in [5, 5.41) is 2.06. The van der Waals surface area contributed by atoms with Gasteiger partial charge in [-0.15, -0.1) is 0 Å². The van der Waals surface area contributed by atoms with E-state index in [-0.39, 0.29) is 18.2 Å². The Hall–Kier alpha value is -2.03. The van der Waals surface area contributed by atoms with E-state index in [1.165, 1.54) is 5.56 Å². The zero-order valence-electron chi connectivity index (χ0n) is 17.2. The van der Waals surface area contributed by atoms with Crippen LogP contribution in [0.25, 0.3) is 0 Å². The first kappa shape index (κ1) is 20.3. The Morgan fingerprint density at radius 1 is 1.24 bits per heavy atom. The molecule has 7 nitrogen and oxygen atoms in total. The molecule has 3 atom stereocenters. The largest absolute Gasteiger partial charge is 0.373 e. The maximum atomic E-state index is 6.00. The fraction of sp³-hybridized carbons (Fsp3) is 0.524. The maximum Gasteiger partial charge on any atom is 0.222 e. The molecule has 2 N–H and O–H groups in total. The number of nitrogens with two attached hydrogens (primary N) is 1. The van der Waals surface area contributed by atoms with Gasteiger partial charge in [-0.2, -0.15) is 4.98 Å². The van der Waals surface area contributed by atoms with Crippen molar-refractivity contribution in [3.63, 3.8) is 0 Å². The van der Waals surface area contributed by atoms with Crippen LogP contribution in [0.4, 0.5) is 11.8 Å². The standard InChI is InChI=1S/C21H28N6OS/c1-13-6-7-19(29-20-17(13)5-4-8-23-20)25-18-9-16(24-21(22)26-18)12-27-10-14(2)28-15(3)11-27/h4-5,8-9,13-15H,6-7,10-12H2,1-3H3,(H2,22,24,26). The van der Waals surface area contributed by atoms with Crippen molar-refractivity contribution in [2.75, 3.05) is 18.8 Å². The second-order valence-corrected chi connectivity index (χ2v) is 9.03. The molecule has 29 heavy (non-hydrogen) atoms. The number of rotatable bonds is 3. The number of fused-ring (bicyclic) bond motifs is 1. The van der Waals surface area contributed by atoms with Crippen LogP contribution in [0.3, 0.4) is 0 Å². The molecule has 3 unspecified atom stereocenters. The molecule has 2 aromatic rings. The lowest BCUT2D eigenvalue weighted by Crippen LogP contribution is -2.44. The monoisotopic (exact) mass is 412 g/mol. The number of hydrogen-bond acceptors (Lipinski definition) is 8. The van der Waals surface area contributed by atoms with Gasteiger partial charge in [0.1, 0.15) is 5.03 Å². The number of ether oxygens (including phenoxy) is 1. The molecule has 0 aromatic carbocycles. The first-order valence-electron chi connectivity index (χ1n) is 10.2. The molecule has 0 aliphatic carbocycles. The van der Waals surface area contributed by atoms with E-state index in [1.807, 2.05) is 18.3 Å². The van der Waals surface area contributed by atoms with Crippen molar-refractivity contribution in [1.29, 1.82) is 0 Å². The summed E-state index contributed by atoms with van der Waals surface area (Å²) in [7, 11) is 0. The highest BCUT2D eigenvalue weighted by Crippen LogP contribution is 2.36. The molecular formula is C21H28N6OS. The van der Waals surface area contributed by atoms with E-state index < -0.39 is 0 Å². The van der Waals surface area contributed by atoms with Crippen LogP contribution in [0, 0.1) is 0 Å². The van der Waals surface area contributed by atoms with E-state index in [0.29, 0.717) is 11.7 Å². The first-order chi connectivity index (χ1) is 14.0. The second-order valence-electron chi connectivity index (χ2n) is 7.97. The van der Waals surface area contributed by atoms with Crippen LogP contribution in [-0.4, -0.2) is 50.2 Å². The summed E-state index contributed by atoms with van der Waals surface area (Å²) in [4.78, 5) is 20.5. The van der Waals surface area contributed by atoms with Crippen LogP contribution in [0.1, 0.15) is 50.8 Å². The number of hydrogen-bond donors (Lipinski definition) is 1. The Labute approximate surface area is 176 Å². The summed E-state index contributed by atoms with van der Waals surface area (Å²) < 4.78 is 5.82. The van der Waals surface area contributed by atoms with Gasteiger partial charge in [0.05, 0.1) is 22.9 Å². The summed E-state index contributed by atoms with van der Waals surface area (Å²) in [5.74, 6) is 1.35. The fourth-order valence-corrected chi connectivity index (χ4v) is 5.10. The van der Waals surface area contributed by atoms with Crippen LogP contribution in [0.15, 0.2) is 34.4 Å². The van der Waals surface area contributed by atoms with Gasteiger partial charge in [0.15, 0.2) is 5.82 Å². The fourth-order valence-electron chi connectivity index (χ4n) is 4.01. The SMILES string of the molecule is CC1CN(Cc2cc(N=C3CCC(C)c4cccnc4S3)nc(N)n2)CC(C)O1. The van der Waals surface area contributed by atoms with Gasteiger partial charge in [-0.05, 0) is 44.2 Å². The lowest BCUT2D eigenvalue weighted by molar-refractivity contribution is -0.0707. The average molecular weight is 413 g/mol. The molecule has 0 saturated carbocycles. The quantitative estimate of drug-likeness (QED) is 0.820. The third-order valence-corrected chi connectivity index (χ3v) is 6.31. The minimum absolute atomic E-state index is 0.217. The Morgan fingerprint density at radius 2 is 2.03 bits per heavy atom. The average Bonchev–Trinajstić information content (AvgIpc) is 2.80. The zero-order valence-corrected chi connectivity index (χ0v) is 18.0. The normalized spacial score (nSPS) is 26.9. The van der Waals surface area contributed by atoms with Crippen molar-refractivity contribution < 1.29 is 4.74 Å². The van der Waals surface area contributed by atoms with Gasteiger partial charge in [-0.25, -0.2) is 15.0 Å². The number of anilines is 1. The van der Waals surface area contributed by atoms with Crippen molar-refractivity contribution >= 4 is 28.6 Å². The molecule has 0 bridgehead atoms. The third kappa shape index (κ3) is 5.12. The van der Waals surface area contributed by atoms with Crippen molar-refractivity contribution in [3.05, 3.63) is 35.7 Å². The zero-order chi connectivity index (χ0) is 20.4. The molecule has 2 aliphatic rings. The molecule has 0 radical (unpaired) electrons. The Morgan fingerprint density at radius 3 is 2.83 bits per heavy atom. The van der Waals surface area contributed by atoms with Crippen LogP contribution < -0.4 is 5.73 Å². The second kappa shape index (κ2) is 8.77. The summed E-state index contributed by atoms with van der Waals surface area (Å²) in [6, 6.07) is 6.11. The smallest absolute Gasteiger partial charge is 0.222 e. The van der Waals surface area contributed by atoms with Gasteiger partial charge in [-0.1, -0.05) is 24.8 Å². The molecule has 1 saturated heterocycles. The molecular weight excluding hydrogens is 384 g/mol. The molecule has 2 aromatic heterocycles. The molecule has 1 fully saturated rings. The molecule has 0 spiro atoms. The van der Waals surface area contributed by atoms with Gasteiger partial charge >= 0.3 is 0 Å². The van der Waals surface area contributed by atoms with Gasteiger partial charge in [-0.3, -0.25) is 4.90 Å². The topological polar surface area (TPSA) is 89.5 Å². The van der Waals surface area contributed by atoms with E-state index in [9.17, 15) is 0 Å². The number of morpholine rings is 1. The third-order valence-electron chi connectivity index (χ3n) is 5.24. The summed E-state index contributed by atoms with van der Waals surface area (Å²) in [6.45, 7) is 8.93. The Kier molecular flexibility index (Phi) is 6.12. The molecule has 0 amide bonds. The predicted octanol–water partition coefficient (Wildman–Crippen LogP) is 3.78. The van der Waals surface area contributed by atoms with Crippen LogP contribution in [-0.2, 0) is 11.3 Å². The first-order valence-corrected chi connectivity index (χ1v) is 11.0. The number of pyridine rings is 1. The number of nitrogen functional groups attached to an aromatic ring is 1. The maximum absolute atomic E-state index is 6.00.